The fourth-order valence-electron chi connectivity index (χ4n) is 2.16. The van der Waals surface area contributed by atoms with Crippen molar-refractivity contribution in [2.45, 2.75) is 26.2 Å². The van der Waals surface area contributed by atoms with Gasteiger partial charge in [-0.25, -0.2) is 9.18 Å². The van der Waals surface area contributed by atoms with Crippen LogP contribution in [-0.4, -0.2) is 12.6 Å². The zero-order chi connectivity index (χ0) is 12.3. The van der Waals surface area contributed by atoms with Gasteiger partial charge in [0.1, 0.15) is 5.82 Å². The zero-order valence-electron chi connectivity index (χ0n) is 9.83. The monoisotopic (exact) mass is 234 g/mol. The van der Waals surface area contributed by atoms with E-state index < -0.39 is 0 Å². The predicted octanol–water partition coefficient (Wildman–Crippen LogP) is 3.33. The summed E-state index contributed by atoms with van der Waals surface area (Å²) in [5.41, 5.74) is 2.67. The quantitative estimate of drug-likeness (QED) is 0.750. The molecule has 2 rings (SSSR count). The maximum atomic E-state index is 12.8. The molecule has 0 heterocycles. The zero-order valence-corrected chi connectivity index (χ0v) is 9.83. The summed E-state index contributed by atoms with van der Waals surface area (Å²) in [5, 5.41) is 0. The molecule has 1 aliphatic rings. The molecule has 0 saturated heterocycles. The van der Waals surface area contributed by atoms with E-state index in [1.807, 2.05) is 0 Å². The second-order valence-electron chi connectivity index (χ2n) is 4.04. The molecule has 17 heavy (non-hydrogen) atoms. The van der Waals surface area contributed by atoms with Crippen molar-refractivity contribution in [2.24, 2.45) is 0 Å². The third-order valence-corrected chi connectivity index (χ3v) is 2.93. The predicted molar refractivity (Wildman–Crippen MR) is 63.8 cm³/mol. The first kappa shape index (κ1) is 11.8. The van der Waals surface area contributed by atoms with Crippen LogP contribution >= 0.6 is 0 Å². The summed E-state index contributed by atoms with van der Waals surface area (Å²) in [6.07, 6.45) is 2.58. The average Bonchev–Trinajstić information content (AvgIpc) is 2.79. The molecule has 0 fully saturated rings. The lowest BCUT2D eigenvalue weighted by Crippen LogP contribution is -2.07. The van der Waals surface area contributed by atoms with Gasteiger partial charge >= 0.3 is 5.97 Å². The second kappa shape index (κ2) is 5.13. The number of ether oxygens (including phenoxy) is 1. The highest BCUT2D eigenvalue weighted by Gasteiger charge is 2.22. The standard InChI is InChI=1S/C14H15FO2/c1-2-17-14(16)13-5-3-4-12(13)10-6-8-11(15)9-7-10/h6-9H,2-5H2,1H3. The Kier molecular flexibility index (Phi) is 3.57. The molecule has 0 bridgehead atoms. The van der Waals surface area contributed by atoms with Gasteiger partial charge in [0.2, 0.25) is 0 Å². The van der Waals surface area contributed by atoms with Gasteiger partial charge in [-0.2, -0.15) is 0 Å². The lowest BCUT2D eigenvalue weighted by Gasteiger charge is -2.07. The number of carbonyl (C=O) groups is 1. The van der Waals surface area contributed by atoms with Crippen LogP contribution in [-0.2, 0) is 9.53 Å². The fourth-order valence-corrected chi connectivity index (χ4v) is 2.16. The molecule has 1 aromatic rings. The highest BCUT2D eigenvalue weighted by Crippen LogP contribution is 2.34. The van der Waals surface area contributed by atoms with E-state index >= 15 is 0 Å². The van der Waals surface area contributed by atoms with Crippen LogP contribution in [0, 0.1) is 5.82 Å². The first-order valence-corrected chi connectivity index (χ1v) is 5.87. The number of benzene rings is 1. The van der Waals surface area contributed by atoms with Crippen molar-refractivity contribution in [1.29, 1.82) is 0 Å². The molecule has 0 N–H and O–H groups in total. The van der Waals surface area contributed by atoms with Crippen molar-refractivity contribution >= 4 is 11.5 Å². The number of rotatable bonds is 3. The summed E-state index contributed by atoms with van der Waals surface area (Å²) in [5.74, 6) is -0.491. The van der Waals surface area contributed by atoms with Crippen molar-refractivity contribution in [3.63, 3.8) is 0 Å². The summed E-state index contributed by atoms with van der Waals surface area (Å²) < 4.78 is 17.9. The molecule has 0 saturated carbocycles. The van der Waals surface area contributed by atoms with Gasteiger partial charge in [0.25, 0.3) is 0 Å². The van der Waals surface area contributed by atoms with Crippen molar-refractivity contribution in [2.75, 3.05) is 6.61 Å². The van der Waals surface area contributed by atoms with Gasteiger partial charge in [-0.05, 0) is 49.5 Å². The number of esters is 1. The average molecular weight is 234 g/mol. The summed E-state index contributed by atoms with van der Waals surface area (Å²) in [6, 6.07) is 6.28. The van der Waals surface area contributed by atoms with Crippen molar-refractivity contribution in [1.82, 2.24) is 0 Å². The minimum absolute atomic E-state index is 0.232. The minimum Gasteiger partial charge on any atom is -0.463 e. The third-order valence-electron chi connectivity index (χ3n) is 2.93. The van der Waals surface area contributed by atoms with Gasteiger partial charge < -0.3 is 4.74 Å². The van der Waals surface area contributed by atoms with Crippen LogP contribution in [0.4, 0.5) is 4.39 Å². The summed E-state index contributed by atoms with van der Waals surface area (Å²) in [7, 11) is 0. The van der Waals surface area contributed by atoms with E-state index in [1.54, 1.807) is 19.1 Å². The van der Waals surface area contributed by atoms with Gasteiger partial charge in [0.05, 0.1) is 6.61 Å². The van der Waals surface area contributed by atoms with Gasteiger partial charge in [-0.1, -0.05) is 12.1 Å². The lowest BCUT2D eigenvalue weighted by molar-refractivity contribution is -0.138. The first-order valence-electron chi connectivity index (χ1n) is 5.87. The van der Waals surface area contributed by atoms with E-state index in [0.717, 1.165) is 36.0 Å². The molecule has 0 amide bonds. The Morgan fingerprint density at radius 3 is 2.65 bits per heavy atom. The van der Waals surface area contributed by atoms with Crippen molar-refractivity contribution in [3.8, 4) is 0 Å². The molecule has 0 aliphatic heterocycles. The highest BCUT2D eigenvalue weighted by atomic mass is 19.1. The molecule has 0 radical (unpaired) electrons. The number of hydrogen-bond acceptors (Lipinski definition) is 2. The topological polar surface area (TPSA) is 26.3 Å². The van der Waals surface area contributed by atoms with Gasteiger partial charge in [-0.15, -0.1) is 0 Å². The molecular formula is C14H15FO2. The first-order chi connectivity index (χ1) is 8.22. The van der Waals surface area contributed by atoms with Crippen LogP contribution in [0.2, 0.25) is 0 Å². The molecule has 1 aromatic carbocycles. The van der Waals surface area contributed by atoms with E-state index in [1.165, 1.54) is 12.1 Å². The van der Waals surface area contributed by atoms with Gasteiger partial charge in [-0.3, -0.25) is 0 Å². The molecule has 0 aromatic heterocycles. The van der Waals surface area contributed by atoms with Crippen molar-refractivity contribution in [3.05, 3.63) is 41.2 Å². The Bertz CT molecular complexity index is 446. The smallest absolute Gasteiger partial charge is 0.334 e. The fraction of sp³-hybridized carbons (Fsp3) is 0.357. The van der Waals surface area contributed by atoms with Crippen LogP contribution in [0.3, 0.4) is 0 Å². The molecule has 0 spiro atoms. The second-order valence-corrected chi connectivity index (χ2v) is 4.04. The highest BCUT2D eigenvalue weighted by molar-refractivity contribution is 5.98. The SMILES string of the molecule is CCOC(=O)C1=C(c2ccc(F)cc2)CCC1. The third kappa shape index (κ3) is 2.54. The van der Waals surface area contributed by atoms with Crippen LogP contribution < -0.4 is 0 Å². The van der Waals surface area contributed by atoms with Gasteiger partial charge in [0.15, 0.2) is 0 Å². The molecule has 0 atom stereocenters. The van der Waals surface area contributed by atoms with Crippen LogP contribution in [0.15, 0.2) is 29.8 Å². The number of hydrogen-bond donors (Lipinski definition) is 0. The van der Waals surface area contributed by atoms with E-state index in [2.05, 4.69) is 0 Å². The Morgan fingerprint density at radius 1 is 1.29 bits per heavy atom. The summed E-state index contributed by atoms with van der Waals surface area (Å²) in [6.45, 7) is 2.18. The molecule has 1 aliphatic carbocycles. The van der Waals surface area contributed by atoms with E-state index in [0.29, 0.717) is 6.61 Å². The molecule has 2 nitrogen and oxygen atoms in total. The van der Waals surface area contributed by atoms with Crippen molar-refractivity contribution < 1.29 is 13.9 Å². The molecule has 90 valence electrons. The van der Waals surface area contributed by atoms with E-state index in [4.69, 9.17) is 4.74 Å². The Balaban J connectivity index is 2.31. The van der Waals surface area contributed by atoms with E-state index in [9.17, 15) is 9.18 Å². The Morgan fingerprint density at radius 2 is 2.00 bits per heavy atom. The maximum absolute atomic E-state index is 12.8. The maximum Gasteiger partial charge on any atom is 0.334 e. The van der Waals surface area contributed by atoms with Crippen LogP contribution in [0.25, 0.3) is 5.57 Å². The Labute approximate surface area is 100 Å². The molecular weight excluding hydrogens is 219 g/mol. The van der Waals surface area contributed by atoms with E-state index in [-0.39, 0.29) is 11.8 Å². The lowest BCUT2D eigenvalue weighted by atomic mass is 10.0. The number of halogens is 1. The molecule has 3 heteroatoms. The number of carbonyl (C=O) groups excluding carboxylic acids is 1. The van der Waals surface area contributed by atoms with Crippen LogP contribution in [0.1, 0.15) is 31.7 Å². The summed E-state index contributed by atoms with van der Waals surface area (Å²) >= 11 is 0. The summed E-state index contributed by atoms with van der Waals surface area (Å²) in [4.78, 5) is 11.7. The minimum atomic E-state index is -0.259. The largest absolute Gasteiger partial charge is 0.463 e. The normalized spacial score (nSPS) is 15.2. The number of allylic oxidation sites excluding steroid dienone is 1. The van der Waals surface area contributed by atoms with Gasteiger partial charge in [0, 0.05) is 5.57 Å². The Hall–Kier alpha value is -1.64. The molecule has 0 unspecified atom stereocenters. The van der Waals surface area contributed by atoms with Crippen LogP contribution in [0.5, 0.6) is 0 Å².